The van der Waals surface area contributed by atoms with Crippen molar-refractivity contribution in [1.82, 2.24) is 20.0 Å². The van der Waals surface area contributed by atoms with Gasteiger partial charge in [0.05, 0.1) is 11.9 Å². The number of rotatable bonds is 2. The number of aromatic nitrogens is 4. The van der Waals surface area contributed by atoms with Crippen LogP contribution in [0.2, 0.25) is 0 Å². The number of aryl methyl sites for hydroxylation is 1. The first-order valence-electron chi connectivity index (χ1n) is 4.07. The molecule has 0 atom stereocenters. The smallest absolute Gasteiger partial charge is 0.168 e. The highest BCUT2D eigenvalue weighted by atomic mass is 16.1. The van der Waals surface area contributed by atoms with Gasteiger partial charge in [0.1, 0.15) is 5.69 Å². The molecule has 0 spiro atoms. The molecule has 2 heterocycles. The SMILES string of the molecule is Cn1nncc1-c1ccc(C=O)nc1. The van der Waals surface area contributed by atoms with Crippen LogP contribution in [0.4, 0.5) is 0 Å². The van der Waals surface area contributed by atoms with E-state index in [9.17, 15) is 4.79 Å². The first-order chi connectivity index (χ1) is 6.81. The van der Waals surface area contributed by atoms with Crippen LogP contribution in [0.5, 0.6) is 0 Å². The van der Waals surface area contributed by atoms with Gasteiger partial charge < -0.3 is 0 Å². The minimum atomic E-state index is 0.420. The largest absolute Gasteiger partial charge is 0.296 e. The zero-order valence-corrected chi connectivity index (χ0v) is 7.58. The van der Waals surface area contributed by atoms with Gasteiger partial charge in [-0.15, -0.1) is 5.10 Å². The number of nitrogens with zero attached hydrogens (tertiary/aromatic N) is 4. The molecule has 0 aliphatic carbocycles. The molecule has 2 rings (SSSR count). The van der Waals surface area contributed by atoms with Crippen LogP contribution < -0.4 is 0 Å². The lowest BCUT2D eigenvalue weighted by atomic mass is 10.2. The van der Waals surface area contributed by atoms with Crippen molar-refractivity contribution in [3.8, 4) is 11.3 Å². The summed E-state index contributed by atoms with van der Waals surface area (Å²) in [4.78, 5) is 14.3. The number of hydrogen-bond acceptors (Lipinski definition) is 4. The van der Waals surface area contributed by atoms with Gasteiger partial charge in [0.2, 0.25) is 0 Å². The summed E-state index contributed by atoms with van der Waals surface area (Å²) < 4.78 is 1.65. The highest BCUT2D eigenvalue weighted by Gasteiger charge is 2.03. The summed E-state index contributed by atoms with van der Waals surface area (Å²) in [6.07, 6.45) is 3.99. The molecule has 0 N–H and O–H groups in total. The number of aldehydes is 1. The van der Waals surface area contributed by atoms with Crippen molar-refractivity contribution < 1.29 is 4.79 Å². The summed E-state index contributed by atoms with van der Waals surface area (Å²) in [5, 5.41) is 7.56. The van der Waals surface area contributed by atoms with E-state index in [1.807, 2.05) is 6.07 Å². The molecule has 14 heavy (non-hydrogen) atoms. The molecule has 5 nitrogen and oxygen atoms in total. The van der Waals surface area contributed by atoms with E-state index in [1.54, 1.807) is 30.2 Å². The highest BCUT2D eigenvalue weighted by molar-refractivity contribution is 5.72. The van der Waals surface area contributed by atoms with Gasteiger partial charge >= 0.3 is 0 Å². The maximum absolute atomic E-state index is 10.4. The Morgan fingerprint density at radius 1 is 1.36 bits per heavy atom. The van der Waals surface area contributed by atoms with E-state index < -0.39 is 0 Å². The summed E-state index contributed by atoms with van der Waals surface area (Å²) in [5.41, 5.74) is 2.18. The van der Waals surface area contributed by atoms with Crippen LogP contribution in [0.15, 0.2) is 24.5 Å². The quantitative estimate of drug-likeness (QED) is 0.650. The predicted molar refractivity (Wildman–Crippen MR) is 49.6 cm³/mol. The molecular formula is C9H8N4O. The van der Waals surface area contributed by atoms with Gasteiger partial charge in [0, 0.05) is 18.8 Å². The average molecular weight is 188 g/mol. The zero-order valence-electron chi connectivity index (χ0n) is 7.58. The van der Waals surface area contributed by atoms with Gasteiger partial charge in [-0.2, -0.15) is 0 Å². The molecule has 2 aromatic rings. The fourth-order valence-corrected chi connectivity index (χ4v) is 1.18. The molecule has 0 radical (unpaired) electrons. The summed E-state index contributed by atoms with van der Waals surface area (Å²) in [6, 6.07) is 3.48. The lowest BCUT2D eigenvalue weighted by molar-refractivity contribution is 0.111. The molecule has 2 aromatic heterocycles. The Hall–Kier alpha value is -2.04. The Kier molecular flexibility index (Phi) is 2.06. The van der Waals surface area contributed by atoms with Crippen molar-refractivity contribution in [2.75, 3.05) is 0 Å². The Morgan fingerprint density at radius 3 is 2.71 bits per heavy atom. The third-order valence-electron chi connectivity index (χ3n) is 1.92. The van der Waals surface area contributed by atoms with Crippen LogP contribution in [-0.2, 0) is 7.05 Å². The van der Waals surface area contributed by atoms with E-state index in [4.69, 9.17) is 0 Å². The van der Waals surface area contributed by atoms with E-state index >= 15 is 0 Å². The van der Waals surface area contributed by atoms with E-state index in [0.29, 0.717) is 12.0 Å². The Labute approximate surface area is 80.4 Å². The number of hydrogen-bond donors (Lipinski definition) is 0. The van der Waals surface area contributed by atoms with Crippen molar-refractivity contribution in [3.63, 3.8) is 0 Å². The predicted octanol–water partition coefficient (Wildman–Crippen LogP) is 0.690. The topological polar surface area (TPSA) is 60.7 Å². The van der Waals surface area contributed by atoms with Crippen molar-refractivity contribution in [2.45, 2.75) is 0 Å². The average Bonchev–Trinajstić information content (AvgIpc) is 2.65. The minimum Gasteiger partial charge on any atom is -0.296 e. The standard InChI is InChI=1S/C9H8N4O/c1-13-9(5-11-12-13)7-2-3-8(6-14)10-4-7/h2-6H,1H3. The van der Waals surface area contributed by atoms with Crippen molar-refractivity contribution in [1.29, 1.82) is 0 Å². The second-order valence-electron chi connectivity index (χ2n) is 2.83. The molecule has 0 saturated heterocycles. The van der Waals surface area contributed by atoms with Crippen LogP contribution >= 0.6 is 0 Å². The molecule has 0 aliphatic rings. The lowest BCUT2D eigenvalue weighted by Gasteiger charge is -1.99. The Morgan fingerprint density at radius 2 is 2.21 bits per heavy atom. The number of carbonyl (C=O) groups is 1. The first kappa shape index (κ1) is 8.55. The van der Waals surface area contributed by atoms with Gasteiger partial charge in [-0.05, 0) is 12.1 Å². The zero-order chi connectivity index (χ0) is 9.97. The fourth-order valence-electron chi connectivity index (χ4n) is 1.18. The molecule has 0 unspecified atom stereocenters. The molecule has 0 aliphatic heterocycles. The summed E-state index contributed by atoms with van der Waals surface area (Å²) in [7, 11) is 1.80. The maximum Gasteiger partial charge on any atom is 0.168 e. The molecular weight excluding hydrogens is 180 g/mol. The molecule has 0 saturated carbocycles. The van der Waals surface area contributed by atoms with Crippen molar-refractivity contribution >= 4 is 6.29 Å². The molecule has 70 valence electrons. The minimum absolute atomic E-state index is 0.420. The van der Waals surface area contributed by atoms with E-state index in [1.165, 1.54) is 0 Å². The van der Waals surface area contributed by atoms with Crippen molar-refractivity contribution in [2.24, 2.45) is 7.05 Å². The first-order valence-corrected chi connectivity index (χ1v) is 4.07. The highest BCUT2D eigenvalue weighted by Crippen LogP contribution is 2.15. The van der Waals surface area contributed by atoms with Crippen LogP contribution in [0, 0.1) is 0 Å². The monoisotopic (exact) mass is 188 g/mol. The summed E-state index contributed by atoms with van der Waals surface area (Å²) in [5.74, 6) is 0. The Bertz CT molecular complexity index is 446. The summed E-state index contributed by atoms with van der Waals surface area (Å²) in [6.45, 7) is 0. The van der Waals surface area contributed by atoms with Gasteiger partial charge in [0.25, 0.3) is 0 Å². The molecule has 0 aromatic carbocycles. The van der Waals surface area contributed by atoms with Gasteiger partial charge in [0.15, 0.2) is 6.29 Å². The van der Waals surface area contributed by atoms with Crippen LogP contribution in [0.1, 0.15) is 10.5 Å². The fraction of sp³-hybridized carbons (Fsp3) is 0.111. The number of pyridine rings is 1. The summed E-state index contributed by atoms with van der Waals surface area (Å²) >= 11 is 0. The molecule has 0 bridgehead atoms. The van der Waals surface area contributed by atoms with Gasteiger partial charge in [-0.25, -0.2) is 4.68 Å². The van der Waals surface area contributed by atoms with E-state index in [-0.39, 0.29) is 0 Å². The normalized spacial score (nSPS) is 10.1. The lowest BCUT2D eigenvalue weighted by Crippen LogP contribution is -1.94. The van der Waals surface area contributed by atoms with Crippen molar-refractivity contribution in [3.05, 3.63) is 30.2 Å². The van der Waals surface area contributed by atoms with Crippen LogP contribution in [0.25, 0.3) is 11.3 Å². The second kappa shape index (κ2) is 3.37. The maximum atomic E-state index is 10.4. The number of carbonyl (C=O) groups excluding carboxylic acids is 1. The van der Waals surface area contributed by atoms with Crippen LogP contribution in [0.3, 0.4) is 0 Å². The third kappa shape index (κ3) is 1.39. The second-order valence-corrected chi connectivity index (χ2v) is 2.83. The molecule has 5 heteroatoms. The third-order valence-corrected chi connectivity index (χ3v) is 1.92. The van der Waals surface area contributed by atoms with Gasteiger partial charge in [-0.3, -0.25) is 9.78 Å². The van der Waals surface area contributed by atoms with Gasteiger partial charge in [-0.1, -0.05) is 5.21 Å². The Balaban J connectivity index is 2.43. The molecule has 0 amide bonds. The van der Waals surface area contributed by atoms with Crippen LogP contribution in [-0.4, -0.2) is 26.3 Å². The molecule has 0 fully saturated rings. The van der Waals surface area contributed by atoms with E-state index in [2.05, 4.69) is 15.3 Å². The van der Waals surface area contributed by atoms with E-state index in [0.717, 1.165) is 11.3 Å².